The molecule has 0 N–H and O–H groups in total. The maximum atomic E-state index is 4.77. The van der Waals surface area contributed by atoms with Gasteiger partial charge in [0.25, 0.3) is 0 Å². The summed E-state index contributed by atoms with van der Waals surface area (Å²) in [5, 5.41) is 0. The smallest absolute Gasteiger partial charge is 0.0708 e. The molecule has 1 fully saturated rings. The van der Waals surface area contributed by atoms with E-state index >= 15 is 0 Å². The minimum atomic E-state index is 1.03. The summed E-state index contributed by atoms with van der Waals surface area (Å²) in [7, 11) is 0. The van der Waals surface area contributed by atoms with Gasteiger partial charge in [0.15, 0.2) is 0 Å². The highest BCUT2D eigenvalue weighted by atomic mass is 14.7. The molecule has 1 saturated carbocycles. The van der Waals surface area contributed by atoms with Crippen molar-refractivity contribution in [3.63, 3.8) is 0 Å². The van der Waals surface area contributed by atoms with Crippen molar-refractivity contribution in [1.29, 1.82) is 0 Å². The van der Waals surface area contributed by atoms with Crippen molar-refractivity contribution in [2.45, 2.75) is 12.8 Å². The Bertz CT molecular complexity index is 884. The zero-order chi connectivity index (χ0) is 16.2. The van der Waals surface area contributed by atoms with E-state index in [1.165, 1.54) is 35.1 Å². The predicted molar refractivity (Wildman–Crippen MR) is 102 cm³/mol. The van der Waals surface area contributed by atoms with Crippen LogP contribution in [0.1, 0.15) is 29.5 Å². The maximum Gasteiger partial charge on any atom is 0.0708 e. The average molecular weight is 309 g/mol. The van der Waals surface area contributed by atoms with Gasteiger partial charge in [-0.15, -0.1) is 0 Å². The number of allylic oxidation sites excluding steroid dienone is 1. The van der Waals surface area contributed by atoms with Gasteiger partial charge in [-0.05, 0) is 35.6 Å². The van der Waals surface area contributed by atoms with E-state index in [0.29, 0.717) is 0 Å². The SMILES string of the molecule is C(=Nc1ccccc1C(=C1CC1)c1ccccc1)c1ccccc1. The molecule has 116 valence electrons. The van der Waals surface area contributed by atoms with E-state index in [4.69, 9.17) is 4.99 Å². The van der Waals surface area contributed by atoms with E-state index in [1.807, 2.05) is 24.4 Å². The second kappa shape index (κ2) is 6.67. The standard InChI is InChI=1S/C23H19N/c1-3-9-18(10-4-1)17-24-22-14-8-7-13-21(22)23(20-15-16-20)19-11-5-2-6-12-19/h1-14,17H,15-16H2. The van der Waals surface area contributed by atoms with Crippen molar-refractivity contribution in [3.8, 4) is 0 Å². The van der Waals surface area contributed by atoms with Crippen LogP contribution in [0.4, 0.5) is 5.69 Å². The van der Waals surface area contributed by atoms with Crippen LogP contribution < -0.4 is 0 Å². The molecule has 4 rings (SSSR count). The van der Waals surface area contributed by atoms with Crippen molar-refractivity contribution >= 4 is 17.5 Å². The topological polar surface area (TPSA) is 12.4 Å². The van der Waals surface area contributed by atoms with Crippen LogP contribution in [0.3, 0.4) is 0 Å². The lowest BCUT2D eigenvalue weighted by atomic mass is 9.95. The Morgan fingerprint density at radius 1 is 0.708 bits per heavy atom. The number of hydrogen-bond acceptors (Lipinski definition) is 1. The van der Waals surface area contributed by atoms with Gasteiger partial charge >= 0.3 is 0 Å². The van der Waals surface area contributed by atoms with Gasteiger partial charge < -0.3 is 0 Å². The van der Waals surface area contributed by atoms with Crippen LogP contribution in [-0.4, -0.2) is 6.21 Å². The lowest BCUT2D eigenvalue weighted by Crippen LogP contribution is -1.89. The highest BCUT2D eigenvalue weighted by Gasteiger charge is 2.21. The molecule has 1 aliphatic rings. The number of hydrogen-bond donors (Lipinski definition) is 0. The summed E-state index contributed by atoms with van der Waals surface area (Å²) in [5.41, 5.74) is 7.54. The van der Waals surface area contributed by atoms with E-state index in [9.17, 15) is 0 Å². The van der Waals surface area contributed by atoms with E-state index in [2.05, 4.69) is 66.7 Å². The summed E-state index contributed by atoms with van der Waals surface area (Å²) >= 11 is 0. The molecule has 1 heteroatoms. The van der Waals surface area contributed by atoms with E-state index < -0.39 is 0 Å². The van der Waals surface area contributed by atoms with Gasteiger partial charge in [0.05, 0.1) is 5.69 Å². The Balaban J connectivity index is 1.77. The molecule has 0 amide bonds. The molecule has 0 atom stereocenters. The van der Waals surface area contributed by atoms with Crippen LogP contribution in [0, 0.1) is 0 Å². The predicted octanol–water partition coefficient (Wildman–Crippen LogP) is 6.03. The molecule has 0 spiro atoms. The monoisotopic (exact) mass is 309 g/mol. The third-order valence-corrected chi connectivity index (χ3v) is 4.24. The summed E-state index contributed by atoms with van der Waals surface area (Å²) in [6.45, 7) is 0. The summed E-state index contributed by atoms with van der Waals surface area (Å²) in [4.78, 5) is 4.77. The first-order valence-electron chi connectivity index (χ1n) is 8.38. The molecule has 24 heavy (non-hydrogen) atoms. The number of aliphatic imine (C=N–C) groups is 1. The molecular formula is C23H19N. The number of para-hydroxylation sites is 1. The average Bonchev–Trinajstić information content (AvgIpc) is 3.48. The highest BCUT2D eigenvalue weighted by molar-refractivity contribution is 5.91. The molecule has 0 heterocycles. The Hall–Kier alpha value is -2.93. The zero-order valence-corrected chi connectivity index (χ0v) is 13.5. The molecule has 0 saturated heterocycles. The van der Waals surface area contributed by atoms with Gasteiger partial charge in [0, 0.05) is 11.8 Å². The van der Waals surface area contributed by atoms with Crippen LogP contribution >= 0.6 is 0 Å². The fourth-order valence-corrected chi connectivity index (χ4v) is 2.95. The second-order valence-corrected chi connectivity index (χ2v) is 6.03. The third kappa shape index (κ3) is 3.21. The summed E-state index contributed by atoms with van der Waals surface area (Å²) < 4.78 is 0. The Morgan fingerprint density at radius 3 is 2.04 bits per heavy atom. The maximum absolute atomic E-state index is 4.77. The van der Waals surface area contributed by atoms with Crippen LogP contribution in [0.25, 0.3) is 5.57 Å². The van der Waals surface area contributed by atoms with Crippen molar-refractivity contribution < 1.29 is 0 Å². The molecule has 0 radical (unpaired) electrons. The zero-order valence-electron chi connectivity index (χ0n) is 13.5. The van der Waals surface area contributed by atoms with Crippen LogP contribution in [-0.2, 0) is 0 Å². The first kappa shape index (κ1) is 14.6. The van der Waals surface area contributed by atoms with E-state index in [1.54, 1.807) is 0 Å². The van der Waals surface area contributed by atoms with Gasteiger partial charge in [0.2, 0.25) is 0 Å². The third-order valence-electron chi connectivity index (χ3n) is 4.24. The second-order valence-electron chi connectivity index (χ2n) is 6.03. The summed E-state index contributed by atoms with van der Waals surface area (Å²) in [6.07, 6.45) is 4.33. The molecule has 0 unspecified atom stereocenters. The Morgan fingerprint density at radius 2 is 1.33 bits per heavy atom. The van der Waals surface area contributed by atoms with Gasteiger partial charge in [0.1, 0.15) is 0 Å². The van der Waals surface area contributed by atoms with Gasteiger partial charge in [-0.3, -0.25) is 4.99 Å². The largest absolute Gasteiger partial charge is 0.256 e. The van der Waals surface area contributed by atoms with Crippen molar-refractivity contribution in [1.82, 2.24) is 0 Å². The minimum absolute atomic E-state index is 1.03. The van der Waals surface area contributed by atoms with Crippen molar-refractivity contribution in [2.24, 2.45) is 4.99 Å². The molecular weight excluding hydrogens is 290 g/mol. The van der Waals surface area contributed by atoms with E-state index in [-0.39, 0.29) is 0 Å². The molecule has 0 aromatic heterocycles. The summed E-state index contributed by atoms with van der Waals surface area (Å²) in [6, 6.07) is 29.3. The highest BCUT2D eigenvalue weighted by Crippen LogP contribution is 2.42. The molecule has 0 aliphatic heterocycles. The molecule has 1 aliphatic carbocycles. The first-order chi connectivity index (χ1) is 11.9. The Kier molecular flexibility index (Phi) is 4.07. The van der Waals surface area contributed by atoms with Crippen molar-refractivity contribution in [3.05, 3.63) is 107 Å². The molecule has 3 aromatic rings. The van der Waals surface area contributed by atoms with Crippen molar-refractivity contribution in [2.75, 3.05) is 0 Å². The number of benzene rings is 3. The van der Waals surface area contributed by atoms with Gasteiger partial charge in [-0.2, -0.15) is 0 Å². The first-order valence-corrected chi connectivity index (χ1v) is 8.38. The normalized spacial score (nSPS) is 13.2. The number of nitrogens with zero attached hydrogens (tertiary/aromatic N) is 1. The molecule has 1 nitrogen and oxygen atoms in total. The Labute approximate surface area is 143 Å². The fourth-order valence-electron chi connectivity index (χ4n) is 2.95. The van der Waals surface area contributed by atoms with Crippen LogP contribution in [0.5, 0.6) is 0 Å². The lowest BCUT2D eigenvalue weighted by Gasteiger charge is -2.11. The quantitative estimate of drug-likeness (QED) is 0.521. The number of rotatable bonds is 4. The van der Waals surface area contributed by atoms with Gasteiger partial charge in [-0.1, -0.05) is 84.4 Å². The minimum Gasteiger partial charge on any atom is -0.256 e. The lowest BCUT2D eigenvalue weighted by molar-refractivity contribution is 1.46. The van der Waals surface area contributed by atoms with Gasteiger partial charge in [-0.25, -0.2) is 0 Å². The van der Waals surface area contributed by atoms with E-state index in [0.717, 1.165) is 11.3 Å². The molecule has 0 bridgehead atoms. The molecule has 3 aromatic carbocycles. The summed E-state index contributed by atoms with van der Waals surface area (Å²) in [5.74, 6) is 0. The van der Waals surface area contributed by atoms with Crippen LogP contribution in [0.15, 0.2) is 95.5 Å². The van der Waals surface area contributed by atoms with Crippen LogP contribution in [0.2, 0.25) is 0 Å². The fraction of sp³-hybridized carbons (Fsp3) is 0.0870.